The molecule has 0 fully saturated rings. The Balaban J connectivity index is 1.57. The van der Waals surface area contributed by atoms with Crippen LogP contribution in [0.1, 0.15) is 32.5 Å². The van der Waals surface area contributed by atoms with Crippen LogP contribution >= 0.6 is 22.9 Å². The van der Waals surface area contributed by atoms with Crippen molar-refractivity contribution in [3.63, 3.8) is 0 Å². The van der Waals surface area contributed by atoms with Crippen LogP contribution in [0.2, 0.25) is 5.02 Å². The smallest absolute Gasteiger partial charge is 0.240 e. The highest BCUT2D eigenvalue weighted by Crippen LogP contribution is 2.16. The van der Waals surface area contributed by atoms with Crippen molar-refractivity contribution < 1.29 is 13.2 Å². The third-order valence-corrected chi connectivity index (χ3v) is 6.41. The largest absolute Gasteiger partial charge is 0.292 e. The molecule has 0 spiro atoms. The van der Waals surface area contributed by atoms with Crippen LogP contribution in [0.5, 0.6) is 0 Å². The van der Waals surface area contributed by atoms with Gasteiger partial charge in [-0.05, 0) is 31.5 Å². The third-order valence-electron chi connectivity index (χ3n) is 3.81. The predicted octanol–water partition coefficient (Wildman–Crippen LogP) is 3.19. The summed E-state index contributed by atoms with van der Waals surface area (Å²) >= 11 is 7.39. The minimum absolute atomic E-state index is 0.0452. The average molecular weight is 437 g/mol. The Morgan fingerprint density at radius 3 is 2.64 bits per heavy atom. The van der Waals surface area contributed by atoms with Crippen LogP contribution in [0.3, 0.4) is 0 Å². The molecular weight excluding hydrogens is 420 g/mol. The Morgan fingerprint density at radius 2 is 2.00 bits per heavy atom. The monoisotopic (exact) mass is 436 g/mol. The van der Waals surface area contributed by atoms with Gasteiger partial charge in [-0.15, -0.1) is 11.3 Å². The van der Waals surface area contributed by atoms with Crippen LogP contribution in [0, 0.1) is 6.92 Å². The zero-order valence-electron chi connectivity index (χ0n) is 14.9. The number of halogens is 1. The second kappa shape index (κ2) is 8.87. The SMILES string of the molecule is Cc1ncc(CCC(=O)c2cnc(CNS(=O)(=O)c3cccc(Cl)c3)cn2)s1. The number of carbonyl (C=O) groups excluding carboxylic acids is 1. The molecule has 3 rings (SSSR count). The second-order valence-electron chi connectivity index (χ2n) is 5.94. The zero-order valence-corrected chi connectivity index (χ0v) is 17.3. The molecule has 2 heterocycles. The number of sulfonamides is 1. The summed E-state index contributed by atoms with van der Waals surface area (Å²) in [6.45, 7) is 1.87. The number of hydrogen-bond acceptors (Lipinski definition) is 7. The normalized spacial score (nSPS) is 11.5. The van der Waals surface area contributed by atoms with E-state index < -0.39 is 10.0 Å². The molecule has 0 aliphatic rings. The van der Waals surface area contributed by atoms with Gasteiger partial charge in [0.15, 0.2) is 5.78 Å². The lowest BCUT2D eigenvalue weighted by Gasteiger charge is -2.07. The Kier molecular flexibility index (Phi) is 6.50. The first-order chi connectivity index (χ1) is 13.3. The maximum atomic E-state index is 12.3. The fraction of sp³-hybridized carbons (Fsp3) is 0.222. The molecule has 3 aromatic rings. The fourth-order valence-electron chi connectivity index (χ4n) is 2.36. The molecule has 28 heavy (non-hydrogen) atoms. The summed E-state index contributed by atoms with van der Waals surface area (Å²) in [7, 11) is -3.72. The highest BCUT2D eigenvalue weighted by atomic mass is 35.5. The number of ketones is 1. The van der Waals surface area contributed by atoms with Gasteiger partial charge in [0.2, 0.25) is 10.0 Å². The average Bonchev–Trinajstić information content (AvgIpc) is 3.10. The van der Waals surface area contributed by atoms with Crippen molar-refractivity contribution in [2.45, 2.75) is 31.2 Å². The summed E-state index contributed by atoms with van der Waals surface area (Å²) < 4.78 is 27.0. The minimum Gasteiger partial charge on any atom is -0.292 e. The molecule has 1 N–H and O–H groups in total. The van der Waals surface area contributed by atoms with Crippen LogP contribution in [-0.4, -0.2) is 29.2 Å². The van der Waals surface area contributed by atoms with E-state index in [9.17, 15) is 13.2 Å². The number of nitrogens with zero attached hydrogens (tertiary/aromatic N) is 3. The van der Waals surface area contributed by atoms with Gasteiger partial charge in [-0.25, -0.2) is 23.1 Å². The van der Waals surface area contributed by atoms with Crippen LogP contribution in [0.4, 0.5) is 0 Å². The number of carbonyl (C=O) groups is 1. The van der Waals surface area contributed by atoms with Crippen LogP contribution in [0.25, 0.3) is 0 Å². The first-order valence-corrected chi connectivity index (χ1v) is 11.0. The molecule has 0 saturated carbocycles. The molecular formula is C18H17ClN4O3S2. The van der Waals surface area contributed by atoms with E-state index in [-0.39, 0.29) is 22.9 Å². The number of hydrogen-bond donors (Lipinski definition) is 1. The Hall–Kier alpha value is -2.20. The fourth-order valence-corrected chi connectivity index (χ4v) is 4.46. The Morgan fingerprint density at radius 1 is 1.18 bits per heavy atom. The molecule has 0 unspecified atom stereocenters. The van der Waals surface area contributed by atoms with Crippen molar-refractivity contribution >= 4 is 38.7 Å². The topological polar surface area (TPSA) is 102 Å². The van der Waals surface area contributed by atoms with Gasteiger partial charge in [0.05, 0.1) is 34.5 Å². The molecule has 0 amide bonds. The van der Waals surface area contributed by atoms with Crippen LogP contribution in [0.15, 0.2) is 47.8 Å². The minimum atomic E-state index is -3.72. The van der Waals surface area contributed by atoms with Gasteiger partial charge in [-0.1, -0.05) is 17.7 Å². The summed E-state index contributed by atoms with van der Waals surface area (Å²) in [4.78, 5) is 25.7. The molecule has 0 saturated heterocycles. The molecule has 0 bridgehead atoms. The van der Waals surface area contributed by atoms with Crippen molar-refractivity contribution in [3.05, 3.63) is 69.2 Å². The maximum absolute atomic E-state index is 12.3. The highest BCUT2D eigenvalue weighted by Gasteiger charge is 2.15. The standard InChI is InChI=1S/C18H17ClN4O3S2/c1-12-20-10-15(27-12)5-6-18(24)17-11-21-14(8-22-17)9-23-28(25,26)16-4-2-3-13(19)7-16/h2-4,7-8,10-11,23H,5-6,9H2,1H3. The second-order valence-corrected chi connectivity index (χ2v) is 9.47. The molecule has 2 aromatic heterocycles. The maximum Gasteiger partial charge on any atom is 0.240 e. The molecule has 7 nitrogen and oxygen atoms in total. The van der Waals surface area contributed by atoms with E-state index in [2.05, 4.69) is 19.7 Å². The lowest BCUT2D eigenvalue weighted by Crippen LogP contribution is -2.24. The number of aromatic nitrogens is 3. The van der Waals surface area contributed by atoms with E-state index in [4.69, 9.17) is 11.6 Å². The van der Waals surface area contributed by atoms with Crippen molar-refractivity contribution in [1.29, 1.82) is 0 Å². The van der Waals surface area contributed by atoms with Gasteiger partial charge in [-0.3, -0.25) is 9.78 Å². The van der Waals surface area contributed by atoms with E-state index in [1.54, 1.807) is 29.7 Å². The molecule has 146 valence electrons. The van der Waals surface area contributed by atoms with Crippen molar-refractivity contribution in [3.8, 4) is 0 Å². The summed E-state index contributed by atoms with van der Waals surface area (Å²) in [5.41, 5.74) is 0.655. The summed E-state index contributed by atoms with van der Waals surface area (Å²) in [5.74, 6) is -0.121. The molecule has 1 aromatic carbocycles. The van der Waals surface area contributed by atoms with E-state index in [1.807, 2.05) is 6.92 Å². The number of thiazole rings is 1. The highest BCUT2D eigenvalue weighted by molar-refractivity contribution is 7.89. The van der Waals surface area contributed by atoms with Crippen molar-refractivity contribution in [1.82, 2.24) is 19.7 Å². The lowest BCUT2D eigenvalue weighted by atomic mass is 10.1. The Bertz CT molecular complexity index is 1080. The van der Waals surface area contributed by atoms with Gasteiger partial charge >= 0.3 is 0 Å². The quantitative estimate of drug-likeness (QED) is 0.544. The summed E-state index contributed by atoms with van der Waals surface area (Å²) in [5, 5.41) is 1.30. The van der Waals surface area contributed by atoms with E-state index in [0.29, 0.717) is 23.6 Å². The van der Waals surface area contributed by atoms with E-state index in [0.717, 1.165) is 9.88 Å². The zero-order chi connectivity index (χ0) is 20.1. The van der Waals surface area contributed by atoms with E-state index >= 15 is 0 Å². The summed E-state index contributed by atoms with van der Waals surface area (Å²) in [6, 6.07) is 5.97. The molecule has 0 radical (unpaired) electrons. The number of rotatable bonds is 8. The van der Waals surface area contributed by atoms with Gasteiger partial charge in [-0.2, -0.15) is 0 Å². The number of nitrogens with one attached hydrogen (secondary N) is 1. The third kappa shape index (κ3) is 5.41. The molecule has 0 aliphatic carbocycles. The van der Waals surface area contributed by atoms with Crippen LogP contribution < -0.4 is 4.72 Å². The van der Waals surface area contributed by atoms with Gasteiger partial charge in [0.1, 0.15) is 5.69 Å². The molecule has 10 heteroatoms. The number of benzene rings is 1. The lowest BCUT2D eigenvalue weighted by molar-refractivity contribution is 0.0978. The van der Waals surface area contributed by atoms with E-state index in [1.165, 1.54) is 24.5 Å². The van der Waals surface area contributed by atoms with Crippen LogP contribution in [-0.2, 0) is 23.0 Å². The number of Topliss-reactive ketones (excluding diaryl/α,β-unsaturated/α-hetero) is 1. The van der Waals surface area contributed by atoms with Crippen molar-refractivity contribution in [2.24, 2.45) is 0 Å². The molecule has 0 aliphatic heterocycles. The van der Waals surface area contributed by atoms with Gasteiger partial charge in [0, 0.05) is 22.5 Å². The van der Waals surface area contributed by atoms with Gasteiger partial charge in [0.25, 0.3) is 0 Å². The Labute approximate surface area is 171 Å². The first kappa shape index (κ1) is 20.5. The number of aryl methyl sites for hydroxylation is 2. The van der Waals surface area contributed by atoms with Crippen molar-refractivity contribution in [2.75, 3.05) is 0 Å². The first-order valence-electron chi connectivity index (χ1n) is 8.34. The van der Waals surface area contributed by atoms with Gasteiger partial charge < -0.3 is 0 Å². The molecule has 0 atom stereocenters. The predicted molar refractivity (Wildman–Crippen MR) is 107 cm³/mol. The summed E-state index contributed by atoms with van der Waals surface area (Å²) in [6.07, 6.45) is 5.45.